The molecule has 0 aromatic carbocycles. The molecule has 0 radical (unpaired) electrons. The fraction of sp³-hybridized carbons (Fsp3) is 0.900. The molecule has 0 spiro atoms. The second-order valence-electron chi connectivity index (χ2n) is 7.43. The summed E-state index contributed by atoms with van der Waals surface area (Å²) in [4.78, 5) is 24.3. The first-order valence-corrected chi connectivity index (χ1v) is 9.99. The molecule has 0 aromatic rings. The molecule has 1 rings (SSSR count). The van der Waals surface area contributed by atoms with Crippen molar-refractivity contribution >= 4 is 11.9 Å². The molecular weight excluding hydrogens is 336 g/mol. The molecule has 0 aliphatic heterocycles. The molecule has 0 saturated heterocycles. The lowest BCUT2D eigenvalue weighted by molar-refractivity contribution is -0.164. The van der Waals surface area contributed by atoms with Crippen LogP contribution in [0.2, 0.25) is 0 Å². The van der Waals surface area contributed by atoms with E-state index < -0.39 is 23.9 Å². The lowest BCUT2D eigenvalue weighted by Crippen LogP contribution is -2.38. The van der Waals surface area contributed by atoms with E-state index in [1.54, 1.807) is 0 Å². The molecule has 1 saturated carbocycles. The van der Waals surface area contributed by atoms with E-state index in [9.17, 15) is 14.7 Å². The van der Waals surface area contributed by atoms with Crippen LogP contribution in [-0.4, -0.2) is 50.1 Å². The average Bonchev–Trinajstić information content (AvgIpc) is 2.64. The van der Waals surface area contributed by atoms with Crippen molar-refractivity contribution in [2.24, 2.45) is 17.8 Å². The molecule has 4 unspecified atom stereocenters. The number of carbonyl (C=O) groups excluding carboxylic acids is 2. The number of ether oxygens (including phenoxy) is 3. The summed E-state index contributed by atoms with van der Waals surface area (Å²) in [7, 11) is 1.34. The van der Waals surface area contributed by atoms with Crippen LogP contribution in [0.5, 0.6) is 0 Å². The summed E-state index contributed by atoms with van der Waals surface area (Å²) in [5.74, 6) is -1.34. The number of carbonyl (C=O) groups is 2. The lowest BCUT2D eigenvalue weighted by Gasteiger charge is -2.31. The van der Waals surface area contributed by atoms with Crippen LogP contribution in [0.1, 0.15) is 65.2 Å². The Morgan fingerprint density at radius 1 is 1.04 bits per heavy atom. The van der Waals surface area contributed by atoms with Gasteiger partial charge in [0.25, 0.3) is 0 Å². The number of methoxy groups -OCH3 is 1. The molecule has 0 amide bonds. The van der Waals surface area contributed by atoms with Gasteiger partial charge in [-0.1, -0.05) is 39.5 Å². The summed E-state index contributed by atoms with van der Waals surface area (Å²) in [6.07, 6.45) is 7.08. The monoisotopic (exact) mass is 372 g/mol. The van der Waals surface area contributed by atoms with E-state index in [0.717, 1.165) is 19.3 Å². The minimum Gasteiger partial charge on any atom is -0.469 e. The van der Waals surface area contributed by atoms with Gasteiger partial charge in [0, 0.05) is 6.61 Å². The van der Waals surface area contributed by atoms with Crippen molar-refractivity contribution in [3.63, 3.8) is 0 Å². The maximum Gasteiger partial charge on any atom is 0.309 e. The van der Waals surface area contributed by atoms with E-state index in [4.69, 9.17) is 14.2 Å². The number of hydrogen-bond acceptors (Lipinski definition) is 6. The zero-order chi connectivity index (χ0) is 19.4. The molecule has 1 aliphatic carbocycles. The third-order valence-corrected chi connectivity index (χ3v) is 5.04. The van der Waals surface area contributed by atoms with Crippen LogP contribution in [0, 0.1) is 17.8 Å². The summed E-state index contributed by atoms with van der Waals surface area (Å²) in [6, 6.07) is 0. The Balaban J connectivity index is 2.27. The topological polar surface area (TPSA) is 82.1 Å². The molecule has 1 aliphatic rings. The van der Waals surface area contributed by atoms with Crippen LogP contribution < -0.4 is 0 Å². The van der Waals surface area contributed by atoms with E-state index >= 15 is 0 Å². The SMILES string of the molecule is CCCCCCCOCC(O)COC(=O)C1CC(C)CCC1C(=O)OC. The van der Waals surface area contributed by atoms with E-state index in [0.29, 0.717) is 25.4 Å². The number of aliphatic hydroxyl groups excluding tert-OH is 1. The second kappa shape index (κ2) is 13.1. The van der Waals surface area contributed by atoms with Crippen molar-refractivity contribution in [1.82, 2.24) is 0 Å². The highest BCUT2D eigenvalue weighted by atomic mass is 16.6. The Kier molecular flexibility index (Phi) is 11.5. The minimum absolute atomic E-state index is 0.104. The first kappa shape index (κ1) is 22.9. The van der Waals surface area contributed by atoms with Gasteiger partial charge in [-0.3, -0.25) is 9.59 Å². The smallest absolute Gasteiger partial charge is 0.309 e. The van der Waals surface area contributed by atoms with Gasteiger partial charge in [-0.25, -0.2) is 0 Å². The number of hydrogen-bond donors (Lipinski definition) is 1. The largest absolute Gasteiger partial charge is 0.469 e. The molecule has 4 atom stereocenters. The van der Waals surface area contributed by atoms with Crippen LogP contribution in [0.15, 0.2) is 0 Å². The highest BCUT2D eigenvalue weighted by Gasteiger charge is 2.39. The molecule has 6 heteroatoms. The highest BCUT2D eigenvalue weighted by molar-refractivity contribution is 5.82. The van der Waals surface area contributed by atoms with E-state index in [1.165, 1.54) is 26.4 Å². The van der Waals surface area contributed by atoms with Gasteiger partial charge in [0.1, 0.15) is 12.7 Å². The number of rotatable bonds is 12. The Hall–Kier alpha value is -1.14. The third-order valence-electron chi connectivity index (χ3n) is 5.04. The molecule has 0 aromatic heterocycles. The van der Waals surface area contributed by atoms with Crippen molar-refractivity contribution in [2.45, 2.75) is 71.3 Å². The summed E-state index contributed by atoms with van der Waals surface area (Å²) < 4.78 is 15.5. The number of aliphatic hydroxyl groups is 1. The van der Waals surface area contributed by atoms with Gasteiger partial charge in [0.2, 0.25) is 0 Å². The molecular formula is C20H36O6. The number of unbranched alkanes of at least 4 members (excludes halogenated alkanes) is 4. The van der Waals surface area contributed by atoms with Gasteiger partial charge in [0.05, 0.1) is 25.6 Å². The zero-order valence-corrected chi connectivity index (χ0v) is 16.6. The van der Waals surface area contributed by atoms with E-state index in [1.807, 2.05) is 0 Å². The van der Waals surface area contributed by atoms with Crippen LogP contribution in [0.3, 0.4) is 0 Å². The molecule has 0 bridgehead atoms. The predicted octanol–water partition coefficient (Wildman–Crippen LogP) is 3.10. The van der Waals surface area contributed by atoms with Gasteiger partial charge in [-0.05, 0) is 31.6 Å². The molecule has 1 N–H and O–H groups in total. The summed E-state index contributed by atoms with van der Waals surface area (Å²) >= 11 is 0. The molecule has 0 heterocycles. The fourth-order valence-electron chi connectivity index (χ4n) is 3.44. The fourth-order valence-corrected chi connectivity index (χ4v) is 3.44. The predicted molar refractivity (Wildman–Crippen MR) is 98.6 cm³/mol. The van der Waals surface area contributed by atoms with Crippen molar-refractivity contribution in [3.8, 4) is 0 Å². The van der Waals surface area contributed by atoms with Crippen molar-refractivity contribution < 1.29 is 28.9 Å². The molecule has 6 nitrogen and oxygen atoms in total. The normalized spacial score (nSPS) is 24.1. The lowest BCUT2D eigenvalue weighted by atomic mass is 9.74. The Bertz CT molecular complexity index is 411. The summed E-state index contributed by atoms with van der Waals surface area (Å²) in [5.41, 5.74) is 0. The van der Waals surface area contributed by atoms with Gasteiger partial charge in [0.15, 0.2) is 0 Å². The maximum absolute atomic E-state index is 12.4. The van der Waals surface area contributed by atoms with Gasteiger partial charge < -0.3 is 19.3 Å². The van der Waals surface area contributed by atoms with Crippen molar-refractivity contribution in [1.29, 1.82) is 0 Å². The average molecular weight is 373 g/mol. The first-order chi connectivity index (χ1) is 12.5. The van der Waals surface area contributed by atoms with E-state index in [2.05, 4.69) is 13.8 Å². The quantitative estimate of drug-likeness (QED) is 0.419. The highest BCUT2D eigenvalue weighted by Crippen LogP contribution is 2.35. The Morgan fingerprint density at radius 3 is 2.46 bits per heavy atom. The van der Waals surface area contributed by atoms with Gasteiger partial charge in [-0.15, -0.1) is 0 Å². The standard InChI is InChI=1S/C20H36O6/c1-4-5-6-7-8-11-25-13-16(21)14-26-20(23)18-12-15(2)9-10-17(18)19(22)24-3/h15-18,21H,4-14H2,1-3H3. The van der Waals surface area contributed by atoms with Crippen LogP contribution in [0.4, 0.5) is 0 Å². The van der Waals surface area contributed by atoms with Gasteiger partial charge >= 0.3 is 11.9 Å². The first-order valence-electron chi connectivity index (χ1n) is 9.99. The maximum atomic E-state index is 12.4. The van der Waals surface area contributed by atoms with Crippen molar-refractivity contribution in [3.05, 3.63) is 0 Å². The third kappa shape index (κ3) is 8.49. The summed E-state index contributed by atoms with van der Waals surface area (Å²) in [6.45, 7) is 4.90. The van der Waals surface area contributed by atoms with Gasteiger partial charge in [-0.2, -0.15) is 0 Å². The van der Waals surface area contributed by atoms with Crippen molar-refractivity contribution in [2.75, 3.05) is 26.9 Å². The van der Waals surface area contributed by atoms with Crippen LogP contribution in [0.25, 0.3) is 0 Å². The molecule has 26 heavy (non-hydrogen) atoms. The molecule has 152 valence electrons. The Labute approximate surface area is 157 Å². The van der Waals surface area contributed by atoms with E-state index in [-0.39, 0.29) is 19.2 Å². The van der Waals surface area contributed by atoms with Crippen LogP contribution in [-0.2, 0) is 23.8 Å². The number of esters is 2. The zero-order valence-electron chi connectivity index (χ0n) is 16.6. The Morgan fingerprint density at radius 2 is 1.77 bits per heavy atom. The molecule has 1 fully saturated rings. The second-order valence-corrected chi connectivity index (χ2v) is 7.43. The summed E-state index contributed by atoms with van der Waals surface area (Å²) in [5, 5.41) is 9.92. The van der Waals surface area contributed by atoms with Crippen LogP contribution >= 0.6 is 0 Å². The minimum atomic E-state index is -0.841.